The molecule has 0 aliphatic carbocycles. The standard InChI is InChI=1S/C18H24N2O5/c1-4-20-14-8-7-12(19)9-13(14)18(17(20)23,10-15(21)24-5-2)11-16(22)25-6-3/h7-9H,4-6,10-11,19H2,1-3H3. The Balaban J connectivity index is 2.56. The Labute approximate surface area is 147 Å². The number of esters is 2. The fraction of sp³-hybridized carbons (Fsp3) is 0.500. The average Bonchev–Trinajstić information content (AvgIpc) is 2.76. The number of amides is 1. The number of carbonyl (C=O) groups excluding carboxylic acids is 3. The zero-order valence-electron chi connectivity index (χ0n) is 14.8. The molecule has 1 aromatic rings. The van der Waals surface area contributed by atoms with Gasteiger partial charge >= 0.3 is 11.9 Å². The van der Waals surface area contributed by atoms with Crippen molar-refractivity contribution >= 4 is 29.2 Å². The minimum atomic E-state index is -1.35. The second-order valence-electron chi connectivity index (χ2n) is 5.87. The second-order valence-corrected chi connectivity index (χ2v) is 5.87. The quantitative estimate of drug-likeness (QED) is 0.596. The highest BCUT2D eigenvalue weighted by Gasteiger charge is 2.53. The molecule has 0 saturated heterocycles. The largest absolute Gasteiger partial charge is 0.466 e. The minimum absolute atomic E-state index is 0.198. The van der Waals surface area contributed by atoms with E-state index < -0.39 is 17.4 Å². The summed E-state index contributed by atoms with van der Waals surface area (Å²) in [6.07, 6.45) is -0.461. The Morgan fingerprint density at radius 1 is 1.08 bits per heavy atom. The number of anilines is 2. The normalized spacial score (nSPS) is 15.0. The molecule has 1 aliphatic rings. The topological polar surface area (TPSA) is 98.9 Å². The molecular formula is C18H24N2O5. The van der Waals surface area contributed by atoms with E-state index in [-0.39, 0.29) is 32.0 Å². The fourth-order valence-corrected chi connectivity index (χ4v) is 3.29. The molecule has 136 valence electrons. The van der Waals surface area contributed by atoms with E-state index in [1.807, 2.05) is 6.92 Å². The number of hydrogen-bond donors (Lipinski definition) is 1. The number of nitrogen functional groups attached to an aromatic ring is 1. The summed E-state index contributed by atoms with van der Waals surface area (Å²) in [7, 11) is 0. The van der Waals surface area contributed by atoms with E-state index in [1.54, 1.807) is 36.9 Å². The lowest BCUT2D eigenvalue weighted by molar-refractivity contribution is -0.151. The van der Waals surface area contributed by atoms with Gasteiger partial charge in [0, 0.05) is 17.9 Å². The van der Waals surface area contributed by atoms with E-state index >= 15 is 0 Å². The van der Waals surface area contributed by atoms with Gasteiger partial charge in [-0.05, 0) is 44.5 Å². The fourth-order valence-electron chi connectivity index (χ4n) is 3.29. The molecule has 1 heterocycles. The smallest absolute Gasteiger partial charge is 0.307 e. The van der Waals surface area contributed by atoms with Gasteiger partial charge in [0.2, 0.25) is 5.91 Å². The Morgan fingerprint density at radius 3 is 2.12 bits per heavy atom. The molecule has 1 aliphatic heterocycles. The molecule has 0 radical (unpaired) electrons. The summed E-state index contributed by atoms with van der Waals surface area (Å²) in [5.74, 6) is -1.38. The van der Waals surface area contributed by atoms with Gasteiger partial charge in [-0.25, -0.2) is 0 Å². The van der Waals surface area contributed by atoms with Crippen molar-refractivity contribution in [2.45, 2.75) is 39.0 Å². The first-order chi connectivity index (χ1) is 11.9. The van der Waals surface area contributed by atoms with Crippen molar-refractivity contribution in [3.8, 4) is 0 Å². The maximum atomic E-state index is 13.2. The third kappa shape index (κ3) is 3.45. The van der Waals surface area contributed by atoms with Gasteiger partial charge in [-0.15, -0.1) is 0 Å². The highest BCUT2D eigenvalue weighted by Crippen LogP contribution is 2.47. The van der Waals surface area contributed by atoms with Gasteiger partial charge < -0.3 is 20.1 Å². The molecule has 1 amide bonds. The van der Waals surface area contributed by atoms with Crippen molar-refractivity contribution in [1.29, 1.82) is 0 Å². The predicted octanol–water partition coefficient (Wildman–Crippen LogP) is 1.78. The molecule has 0 aromatic heterocycles. The van der Waals surface area contributed by atoms with Crippen molar-refractivity contribution in [3.05, 3.63) is 23.8 Å². The van der Waals surface area contributed by atoms with Crippen LogP contribution in [0, 0.1) is 0 Å². The molecule has 2 rings (SSSR count). The Kier molecular flexibility index (Phi) is 5.66. The number of ether oxygens (including phenoxy) is 2. The van der Waals surface area contributed by atoms with E-state index in [0.29, 0.717) is 23.5 Å². The lowest BCUT2D eigenvalue weighted by Gasteiger charge is -2.27. The van der Waals surface area contributed by atoms with Gasteiger partial charge in [0.15, 0.2) is 0 Å². The summed E-state index contributed by atoms with van der Waals surface area (Å²) in [6, 6.07) is 5.09. The van der Waals surface area contributed by atoms with E-state index in [4.69, 9.17) is 15.2 Å². The molecule has 0 fully saturated rings. The Bertz CT molecular complexity index is 666. The summed E-state index contributed by atoms with van der Waals surface area (Å²) in [5.41, 5.74) is 6.25. The first kappa shape index (κ1) is 18.8. The monoisotopic (exact) mass is 348 g/mol. The highest BCUT2D eigenvalue weighted by molar-refractivity contribution is 6.11. The van der Waals surface area contributed by atoms with Gasteiger partial charge in [0.25, 0.3) is 0 Å². The molecule has 7 nitrogen and oxygen atoms in total. The molecule has 0 unspecified atom stereocenters. The number of carbonyl (C=O) groups is 3. The maximum absolute atomic E-state index is 13.2. The molecule has 7 heteroatoms. The Morgan fingerprint density at radius 2 is 1.64 bits per heavy atom. The van der Waals surface area contributed by atoms with Gasteiger partial charge in [0.1, 0.15) is 0 Å². The summed E-state index contributed by atoms with van der Waals surface area (Å²) in [5, 5.41) is 0. The summed E-state index contributed by atoms with van der Waals surface area (Å²) >= 11 is 0. The number of fused-ring (bicyclic) bond motifs is 1. The second kappa shape index (κ2) is 7.55. The van der Waals surface area contributed by atoms with Gasteiger partial charge in [-0.1, -0.05) is 0 Å². The lowest BCUT2D eigenvalue weighted by Crippen LogP contribution is -2.44. The van der Waals surface area contributed by atoms with Crippen LogP contribution in [0.4, 0.5) is 11.4 Å². The molecule has 0 saturated carbocycles. The van der Waals surface area contributed by atoms with Gasteiger partial charge in [-0.2, -0.15) is 0 Å². The van der Waals surface area contributed by atoms with Crippen LogP contribution in [0.25, 0.3) is 0 Å². The van der Waals surface area contributed by atoms with Crippen LogP contribution in [-0.4, -0.2) is 37.6 Å². The number of hydrogen-bond acceptors (Lipinski definition) is 6. The number of nitrogens with two attached hydrogens (primary N) is 1. The molecule has 25 heavy (non-hydrogen) atoms. The van der Waals surface area contributed by atoms with Crippen LogP contribution in [0.2, 0.25) is 0 Å². The average molecular weight is 348 g/mol. The summed E-state index contributed by atoms with van der Waals surface area (Å²) < 4.78 is 10.1. The van der Waals surface area contributed by atoms with Crippen molar-refractivity contribution in [2.75, 3.05) is 30.4 Å². The number of rotatable bonds is 7. The zero-order valence-corrected chi connectivity index (χ0v) is 14.8. The van der Waals surface area contributed by atoms with Gasteiger partial charge in [0.05, 0.1) is 31.5 Å². The van der Waals surface area contributed by atoms with Crippen LogP contribution in [0.3, 0.4) is 0 Å². The van der Waals surface area contributed by atoms with E-state index in [2.05, 4.69) is 0 Å². The summed E-state index contributed by atoms with van der Waals surface area (Å²) in [6.45, 7) is 6.03. The number of likely N-dealkylation sites (N-methyl/N-ethyl adjacent to an activating group) is 1. The zero-order chi connectivity index (χ0) is 18.6. The first-order valence-corrected chi connectivity index (χ1v) is 8.42. The van der Waals surface area contributed by atoms with Crippen LogP contribution < -0.4 is 10.6 Å². The number of benzene rings is 1. The van der Waals surface area contributed by atoms with Crippen LogP contribution in [-0.2, 0) is 29.3 Å². The highest BCUT2D eigenvalue weighted by atomic mass is 16.5. The summed E-state index contributed by atoms with van der Waals surface area (Å²) in [4.78, 5) is 39.1. The van der Waals surface area contributed by atoms with Crippen LogP contribution in [0.15, 0.2) is 18.2 Å². The van der Waals surface area contributed by atoms with Crippen LogP contribution in [0.1, 0.15) is 39.2 Å². The molecule has 1 aromatic carbocycles. The molecule has 2 N–H and O–H groups in total. The Hall–Kier alpha value is -2.57. The number of nitrogens with zero attached hydrogens (tertiary/aromatic N) is 1. The minimum Gasteiger partial charge on any atom is -0.466 e. The molecule has 0 atom stereocenters. The van der Waals surface area contributed by atoms with E-state index in [9.17, 15) is 14.4 Å². The SMILES string of the molecule is CCOC(=O)CC1(CC(=O)OCC)C(=O)N(CC)c2ccc(N)cc21. The van der Waals surface area contributed by atoms with Crippen molar-refractivity contribution in [3.63, 3.8) is 0 Å². The third-order valence-electron chi connectivity index (χ3n) is 4.30. The third-order valence-corrected chi connectivity index (χ3v) is 4.30. The predicted molar refractivity (Wildman–Crippen MR) is 93.1 cm³/mol. The van der Waals surface area contributed by atoms with Crippen molar-refractivity contribution in [2.24, 2.45) is 0 Å². The van der Waals surface area contributed by atoms with Crippen molar-refractivity contribution in [1.82, 2.24) is 0 Å². The molecular weight excluding hydrogens is 324 g/mol. The van der Waals surface area contributed by atoms with Crippen LogP contribution in [0.5, 0.6) is 0 Å². The van der Waals surface area contributed by atoms with Gasteiger partial charge in [-0.3, -0.25) is 14.4 Å². The lowest BCUT2D eigenvalue weighted by atomic mass is 9.75. The first-order valence-electron chi connectivity index (χ1n) is 8.42. The molecule has 0 bridgehead atoms. The van der Waals surface area contributed by atoms with Crippen molar-refractivity contribution < 1.29 is 23.9 Å². The van der Waals surface area contributed by atoms with E-state index in [0.717, 1.165) is 0 Å². The maximum Gasteiger partial charge on any atom is 0.307 e. The van der Waals surface area contributed by atoms with Crippen LogP contribution >= 0.6 is 0 Å². The molecule has 0 spiro atoms. The van der Waals surface area contributed by atoms with E-state index in [1.165, 1.54) is 0 Å².